The van der Waals surface area contributed by atoms with Crippen molar-refractivity contribution in [2.24, 2.45) is 0 Å². The van der Waals surface area contributed by atoms with Gasteiger partial charge in [0.2, 0.25) is 5.88 Å². The Morgan fingerprint density at radius 3 is 2.94 bits per heavy atom. The van der Waals surface area contributed by atoms with E-state index in [1.807, 2.05) is 25.1 Å². The van der Waals surface area contributed by atoms with Crippen molar-refractivity contribution in [2.75, 3.05) is 18.5 Å². The molecule has 0 aromatic carbocycles. The van der Waals surface area contributed by atoms with Crippen molar-refractivity contribution in [1.82, 2.24) is 4.98 Å². The van der Waals surface area contributed by atoms with Crippen LogP contribution < -0.4 is 10.1 Å². The number of rotatable bonds is 7. The molecule has 0 aliphatic heterocycles. The average molecular weight is 287 g/mol. The van der Waals surface area contributed by atoms with Crippen LogP contribution in [0.3, 0.4) is 0 Å². The van der Waals surface area contributed by atoms with Gasteiger partial charge in [-0.1, -0.05) is 28.9 Å². The van der Waals surface area contributed by atoms with Crippen molar-refractivity contribution in [1.29, 1.82) is 0 Å². The van der Waals surface area contributed by atoms with Crippen molar-refractivity contribution in [3.63, 3.8) is 0 Å². The van der Waals surface area contributed by atoms with Gasteiger partial charge in [-0.05, 0) is 25.8 Å². The van der Waals surface area contributed by atoms with Crippen molar-refractivity contribution in [3.8, 4) is 5.88 Å². The van der Waals surface area contributed by atoms with Gasteiger partial charge in [-0.15, -0.1) is 0 Å². The summed E-state index contributed by atoms with van der Waals surface area (Å²) in [5.74, 6) is 1.56. The smallest absolute Gasteiger partial charge is 0.215 e. The Bertz CT molecular complexity index is 307. The molecule has 0 spiro atoms. The molecule has 1 N–H and O–H groups in total. The molecule has 1 aromatic rings. The molecule has 1 unspecified atom stereocenters. The van der Waals surface area contributed by atoms with Crippen LogP contribution >= 0.6 is 15.9 Å². The summed E-state index contributed by atoms with van der Waals surface area (Å²) in [5, 5.41) is 3.29. The highest BCUT2D eigenvalue weighted by molar-refractivity contribution is 9.09. The second kappa shape index (κ2) is 7.49. The summed E-state index contributed by atoms with van der Waals surface area (Å²) in [4.78, 5) is 4.92. The molecule has 3 nitrogen and oxygen atoms in total. The fourth-order valence-corrected chi connectivity index (χ4v) is 1.53. The fourth-order valence-electron chi connectivity index (χ4n) is 1.30. The zero-order valence-electron chi connectivity index (χ0n) is 9.87. The predicted molar refractivity (Wildman–Crippen MR) is 71.5 cm³/mol. The highest BCUT2D eigenvalue weighted by atomic mass is 79.9. The minimum atomic E-state index is 0.579. The number of ether oxygens (including phenoxy) is 1. The van der Waals surface area contributed by atoms with Crippen molar-refractivity contribution >= 4 is 21.7 Å². The monoisotopic (exact) mass is 286 g/mol. The molecule has 0 saturated heterocycles. The number of halogens is 1. The van der Waals surface area contributed by atoms with E-state index >= 15 is 0 Å². The first-order chi connectivity index (χ1) is 7.76. The molecule has 1 atom stereocenters. The Labute approximate surface area is 106 Å². The molecule has 0 bridgehead atoms. The minimum absolute atomic E-state index is 0.579. The van der Waals surface area contributed by atoms with Crippen LogP contribution in [-0.4, -0.2) is 23.0 Å². The van der Waals surface area contributed by atoms with Gasteiger partial charge in [0.05, 0.1) is 6.61 Å². The van der Waals surface area contributed by atoms with Gasteiger partial charge in [0.25, 0.3) is 0 Å². The van der Waals surface area contributed by atoms with E-state index in [4.69, 9.17) is 4.74 Å². The third-order valence-electron chi connectivity index (χ3n) is 2.22. The Morgan fingerprint density at radius 2 is 2.25 bits per heavy atom. The second-order valence-electron chi connectivity index (χ2n) is 3.52. The lowest BCUT2D eigenvalue weighted by atomic mass is 10.2. The molecule has 0 saturated carbocycles. The third kappa shape index (κ3) is 4.84. The summed E-state index contributed by atoms with van der Waals surface area (Å²) in [7, 11) is 0. The summed E-state index contributed by atoms with van der Waals surface area (Å²) in [6.45, 7) is 5.70. The molecule has 1 heterocycles. The average Bonchev–Trinajstić information content (AvgIpc) is 2.30. The lowest BCUT2D eigenvalue weighted by Gasteiger charge is -2.09. The van der Waals surface area contributed by atoms with Crippen molar-refractivity contribution in [2.45, 2.75) is 31.5 Å². The van der Waals surface area contributed by atoms with E-state index in [0.717, 1.165) is 25.2 Å². The van der Waals surface area contributed by atoms with Crippen LogP contribution in [-0.2, 0) is 0 Å². The zero-order chi connectivity index (χ0) is 11.8. The van der Waals surface area contributed by atoms with Crippen molar-refractivity contribution < 1.29 is 4.74 Å². The SMILES string of the molecule is CCOc1cccc(NCCC(Br)CC)n1. The first-order valence-electron chi connectivity index (χ1n) is 5.74. The number of alkyl halides is 1. The largest absolute Gasteiger partial charge is 0.478 e. The number of hydrogen-bond acceptors (Lipinski definition) is 3. The van der Waals surface area contributed by atoms with Crippen LogP contribution in [0.15, 0.2) is 18.2 Å². The van der Waals surface area contributed by atoms with E-state index in [0.29, 0.717) is 17.3 Å². The highest BCUT2D eigenvalue weighted by Crippen LogP contribution is 2.13. The maximum Gasteiger partial charge on any atom is 0.215 e. The summed E-state index contributed by atoms with van der Waals surface area (Å²) < 4.78 is 5.33. The van der Waals surface area contributed by atoms with Gasteiger partial charge < -0.3 is 10.1 Å². The molecule has 1 aromatic heterocycles. The van der Waals surface area contributed by atoms with Gasteiger partial charge in [-0.3, -0.25) is 0 Å². The second-order valence-corrected chi connectivity index (χ2v) is 4.81. The highest BCUT2D eigenvalue weighted by Gasteiger charge is 2.01. The van der Waals surface area contributed by atoms with Crippen LogP contribution in [0.25, 0.3) is 0 Å². The molecule has 90 valence electrons. The number of pyridine rings is 1. The third-order valence-corrected chi connectivity index (χ3v) is 3.33. The molecule has 4 heteroatoms. The molecule has 16 heavy (non-hydrogen) atoms. The maximum atomic E-state index is 5.33. The van der Waals surface area contributed by atoms with Crippen LogP contribution in [0.5, 0.6) is 5.88 Å². The Hall–Kier alpha value is -0.770. The standard InChI is InChI=1S/C12H19BrN2O/c1-3-10(13)8-9-14-11-6-5-7-12(15-11)16-4-2/h5-7,10H,3-4,8-9H2,1-2H3,(H,14,15). The number of nitrogens with one attached hydrogen (secondary N) is 1. The van der Waals surface area contributed by atoms with Gasteiger partial charge in [0.1, 0.15) is 5.82 Å². The van der Waals surface area contributed by atoms with Crippen LogP contribution in [0.2, 0.25) is 0 Å². The van der Waals surface area contributed by atoms with E-state index in [9.17, 15) is 0 Å². The van der Waals surface area contributed by atoms with Crippen LogP contribution in [0.1, 0.15) is 26.7 Å². The van der Waals surface area contributed by atoms with E-state index in [-0.39, 0.29) is 0 Å². The minimum Gasteiger partial charge on any atom is -0.478 e. The molecular weight excluding hydrogens is 268 g/mol. The van der Waals surface area contributed by atoms with E-state index in [1.165, 1.54) is 0 Å². The quantitative estimate of drug-likeness (QED) is 0.780. The summed E-state index contributed by atoms with van der Waals surface area (Å²) in [6, 6.07) is 5.78. The molecule has 0 aliphatic carbocycles. The molecular formula is C12H19BrN2O. The molecule has 0 radical (unpaired) electrons. The zero-order valence-corrected chi connectivity index (χ0v) is 11.5. The van der Waals surface area contributed by atoms with E-state index in [1.54, 1.807) is 0 Å². The molecule has 0 aliphatic rings. The topological polar surface area (TPSA) is 34.1 Å². The maximum absolute atomic E-state index is 5.33. The summed E-state index contributed by atoms with van der Waals surface area (Å²) in [5.41, 5.74) is 0. The lowest BCUT2D eigenvalue weighted by molar-refractivity contribution is 0.327. The first kappa shape index (κ1) is 13.3. The van der Waals surface area contributed by atoms with Gasteiger partial charge in [-0.2, -0.15) is 4.98 Å². The van der Waals surface area contributed by atoms with Gasteiger partial charge in [-0.25, -0.2) is 0 Å². The van der Waals surface area contributed by atoms with Crippen LogP contribution in [0.4, 0.5) is 5.82 Å². The Balaban J connectivity index is 2.38. The van der Waals surface area contributed by atoms with Gasteiger partial charge >= 0.3 is 0 Å². The van der Waals surface area contributed by atoms with Crippen molar-refractivity contribution in [3.05, 3.63) is 18.2 Å². The number of hydrogen-bond donors (Lipinski definition) is 1. The van der Waals surface area contributed by atoms with Gasteiger partial charge in [0, 0.05) is 17.4 Å². The lowest BCUT2D eigenvalue weighted by Crippen LogP contribution is -2.09. The van der Waals surface area contributed by atoms with E-state index < -0.39 is 0 Å². The number of aromatic nitrogens is 1. The Morgan fingerprint density at radius 1 is 1.44 bits per heavy atom. The molecule has 1 rings (SSSR count). The van der Waals surface area contributed by atoms with Crippen LogP contribution in [0, 0.1) is 0 Å². The number of nitrogens with zero attached hydrogens (tertiary/aromatic N) is 1. The normalized spacial score (nSPS) is 12.2. The fraction of sp³-hybridized carbons (Fsp3) is 0.583. The summed E-state index contributed by atoms with van der Waals surface area (Å²) >= 11 is 3.60. The molecule has 0 fully saturated rings. The predicted octanol–water partition coefficient (Wildman–Crippen LogP) is 3.46. The summed E-state index contributed by atoms with van der Waals surface area (Å²) in [6.07, 6.45) is 2.24. The Kier molecular flexibility index (Phi) is 6.23. The van der Waals surface area contributed by atoms with E-state index in [2.05, 4.69) is 33.2 Å². The first-order valence-corrected chi connectivity index (χ1v) is 6.65. The number of anilines is 1. The van der Waals surface area contributed by atoms with Gasteiger partial charge in [0.15, 0.2) is 0 Å². The molecule has 0 amide bonds.